The van der Waals surface area contributed by atoms with Crippen LogP contribution < -0.4 is 5.56 Å². The molecule has 0 saturated carbocycles. The van der Waals surface area contributed by atoms with E-state index in [2.05, 4.69) is 0 Å². The van der Waals surface area contributed by atoms with Crippen LogP contribution in [0.3, 0.4) is 0 Å². The summed E-state index contributed by atoms with van der Waals surface area (Å²) in [5.41, 5.74) is 2.54. The number of aryl methyl sites for hydroxylation is 1. The number of amides is 1. The molecule has 0 saturated heterocycles. The number of aromatic nitrogens is 1. The zero-order chi connectivity index (χ0) is 20.3. The molecular formula is C23H24N2O3. The monoisotopic (exact) mass is 376 g/mol. The number of carbonyl (C=O) groups excluding carboxylic acids is 1. The molecule has 1 atom stereocenters. The minimum absolute atomic E-state index is 0.111. The number of pyridine rings is 1. The van der Waals surface area contributed by atoms with E-state index in [9.17, 15) is 14.7 Å². The molecule has 3 rings (SSSR count). The average Bonchev–Trinajstić information content (AvgIpc) is 2.68. The molecule has 1 N–H and O–H groups in total. The first-order valence-corrected chi connectivity index (χ1v) is 9.18. The molecule has 5 heteroatoms. The van der Waals surface area contributed by atoms with E-state index in [1.807, 2.05) is 38.1 Å². The first-order chi connectivity index (χ1) is 13.4. The number of hydrogen-bond donors (Lipinski definition) is 1. The third-order valence-corrected chi connectivity index (χ3v) is 4.97. The summed E-state index contributed by atoms with van der Waals surface area (Å²) in [6.07, 6.45) is 1.69. The zero-order valence-electron chi connectivity index (χ0n) is 16.3. The van der Waals surface area contributed by atoms with E-state index in [-0.39, 0.29) is 28.8 Å². The van der Waals surface area contributed by atoms with E-state index in [4.69, 9.17) is 0 Å². The number of hydrogen-bond acceptors (Lipinski definition) is 3. The topological polar surface area (TPSA) is 62.5 Å². The van der Waals surface area contributed by atoms with Crippen molar-refractivity contribution >= 4 is 5.91 Å². The highest BCUT2D eigenvalue weighted by Gasteiger charge is 2.23. The number of phenols is 1. The quantitative estimate of drug-likeness (QED) is 0.738. The van der Waals surface area contributed by atoms with Crippen molar-refractivity contribution in [1.29, 1.82) is 0 Å². The van der Waals surface area contributed by atoms with Crippen molar-refractivity contribution in [3.8, 4) is 5.75 Å². The van der Waals surface area contributed by atoms with Crippen LogP contribution in [-0.4, -0.2) is 27.5 Å². The van der Waals surface area contributed by atoms with Crippen molar-refractivity contribution < 1.29 is 9.90 Å². The lowest BCUT2D eigenvalue weighted by Crippen LogP contribution is -2.35. The van der Waals surface area contributed by atoms with E-state index in [1.165, 1.54) is 4.90 Å². The van der Waals surface area contributed by atoms with Crippen molar-refractivity contribution in [2.45, 2.75) is 26.4 Å². The lowest BCUT2D eigenvalue weighted by atomic mass is 10.1. The van der Waals surface area contributed by atoms with Crippen LogP contribution in [0.25, 0.3) is 0 Å². The first-order valence-electron chi connectivity index (χ1n) is 9.18. The Labute approximate surface area is 164 Å². The van der Waals surface area contributed by atoms with Gasteiger partial charge in [0.2, 0.25) is 0 Å². The predicted molar refractivity (Wildman–Crippen MR) is 110 cm³/mol. The Balaban J connectivity index is 1.88. The molecule has 0 aliphatic carbocycles. The maximum absolute atomic E-state index is 13.0. The third kappa shape index (κ3) is 3.98. The molecule has 144 valence electrons. The first kappa shape index (κ1) is 19.4. The Morgan fingerprint density at radius 2 is 1.86 bits per heavy atom. The molecule has 2 aromatic carbocycles. The molecule has 0 fully saturated rings. The molecule has 0 bridgehead atoms. The normalized spacial score (nSPS) is 11.8. The van der Waals surface area contributed by atoms with Crippen LogP contribution in [0.4, 0.5) is 0 Å². The maximum Gasteiger partial charge on any atom is 0.263 e. The Bertz CT molecular complexity index is 1060. The number of benzene rings is 2. The fourth-order valence-corrected chi connectivity index (χ4v) is 3.25. The van der Waals surface area contributed by atoms with Gasteiger partial charge in [-0.05, 0) is 37.6 Å². The van der Waals surface area contributed by atoms with Gasteiger partial charge in [0, 0.05) is 18.8 Å². The van der Waals surface area contributed by atoms with Crippen molar-refractivity contribution in [2.75, 3.05) is 7.05 Å². The van der Waals surface area contributed by atoms with Gasteiger partial charge in [-0.1, -0.05) is 48.0 Å². The summed E-state index contributed by atoms with van der Waals surface area (Å²) in [5, 5.41) is 10.1. The Morgan fingerprint density at radius 1 is 1.11 bits per heavy atom. The van der Waals surface area contributed by atoms with Crippen LogP contribution in [0.15, 0.2) is 71.7 Å². The molecule has 1 heterocycles. The van der Waals surface area contributed by atoms with Crippen LogP contribution in [-0.2, 0) is 6.54 Å². The fraction of sp³-hybridized carbons (Fsp3) is 0.217. The van der Waals surface area contributed by atoms with Gasteiger partial charge in [0.15, 0.2) is 0 Å². The van der Waals surface area contributed by atoms with E-state index in [1.54, 1.807) is 54.2 Å². The molecule has 0 aliphatic heterocycles. The second-order valence-corrected chi connectivity index (χ2v) is 6.99. The van der Waals surface area contributed by atoms with Crippen molar-refractivity contribution in [2.24, 2.45) is 0 Å². The Hall–Kier alpha value is -3.34. The van der Waals surface area contributed by atoms with Crippen LogP contribution in [0.5, 0.6) is 5.75 Å². The van der Waals surface area contributed by atoms with Gasteiger partial charge in [-0.3, -0.25) is 9.59 Å². The molecule has 5 nitrogen and oxygen atoms in total. The summed E-state index contributed by atoms with van der Waals surface area (Å²) in [5.74, 6) is -0.251. The largest absolute Gasteiger partial charge is 0.508 e. The number of aromatic hydroxyl groups is 1. The SMILES string of the molecule is Cc1cccc(Cn2cccc(C(=O)N(C)[C@@H](C)c3ccccc3O)c2=O)c1. The van der Waals surface area contributed by atoms with Crippen LogP contribution in [0.1, 0.15) is 40.0 Å². The molecule has 3 aromatic rings. The van der Waals surface area contributed by atoms with Gasteiger partial charge in [0.05, 0.1) is 12.6 Å². The fourth-order valence-electron chi connectivity index (χ4n) is 3.25. The third-order valence-electron chi connectivity index (χ3n) is 4.97. The van der Waals surface area contributed by atoms with Gasteiger partial charge >= 0.3 is 0 Å². The maximum atomic E-state index is 13.0. The van der Waals surface area contributed by atoms with Gasteiger partial charge in [0.25, 0.3) is 11.5 Å². The number of phenolic OH excluding ortho intramolecular Hbond substituents is 1. The molecule has 0 spiro atoms. The highest BCUT2D eigenvalue weighted by Crippen LogP contribution is 2.27. The second-order valence-electron chi connectivity index (χ2n) is 6.99. The van der Waals surface area contributed by atoms with Crippen molar-refractivity contribution in [1.82, 2.24) is 9.47 Å². The summed E-state index contributed by atoms with van der Waals surface area (Å²) in [6, 6.07) is 17.7. The lowest BCUT2D eigenvalue weighted by Gasteiger charge is -2.26. The minimum atomic E-state index is -0.376. The minimum Gasteiger partial charge on any atom is -0.508 e. The summed E-state index contributed by atoms with van der Waals surface area (Å²) in [4.78, 5) is 27.4. The van der Waals surface area contributed by atoms with E-state index < -0.39 is 0 Å². The Morgan fingerprint density at radius 3 is 2.57 bits per heavy atom. The smallest absolute Gasteiger partial charge is 0.263 e. The summed E-state index contributed by atoms with van der Waals surface area (Å²) >= 11 is 0. The van der Waals surface area contributed by atoms with E-state index >= 15 is 0 Å². The Kier molecular flexibility index (Phi) is 5.64. The molecule has 1 amide bonds. The van der Waals surface area contributed by atoms with Crippen molar-refractivity contribution in [3.63, 3.8) is 0 Å². The number of carbonyl (C=O) groups is 1. The number of nitrogens with zero attached hydrogens (tertiary/aromatic N) is 2. The zero-order valence-corrected chi connectivity index (χ0v) is 16.3. The molecule has 28 heavy (non-hydrogen) atoms. The van der Waals surface area contributed by atoms with E-state index in [0.29, 0.717) is 12.1 Å². The molecule has 0 unspecified atom stereocenters. The van der Waals surface area contributed by atoms with Gasteiger partial charge in [-0.2, -0.15) is 0 Å². The van der Waals surface area contributed by atoms with E-state index in [0.717, 1.165) is 11.1 Å². The van der Waals surface area contributed by atoms with Gasteiger partial charge < -0.3 is 14.6 Å². The van der Waals surface area contributed by atoms with Crippen LogP contribution in [0, 0.1) is 6.92 Å². The molecule has 0 radical (unpaired) electrons. The molecule has 0 aliphatic rings. The molecule has 1 aromatic heterocycles. The average molecular weight is 376 g/mol. The van der Waals surface area contributed by atoms with Gasteiger partial charge in [-0.25, -0.2) is 0 Å². The predicted octanol–water partition coefficient (Wildman–Crippen LogP) is 3.74. The number of para-hydroxylation sites is 1. The molecular weight excluding hydrogens is 352 g/mol. The highest BCUT2D eigenvalue weighted by molar-refractivity contribution is 5.94. The summed E-state index contributed by atoms with van der Waals surface area (Å²) in [6.45, 7) is 4.23. The summed E-state index contributed by atoms with van der Waals surface area (Å²) < 4.78 is 1.54. The van der Waals surface area contributed by atoms with Crippen LogP contribution in [0.2, 0.25) is 0 Å². The lowest BCUT2D eigenvalue weighted by molar-refractivity contribution is 0.0739. The van der Waals surface area contributed by atoms with Gasteiger partial charge in [-0.15, -0.1) is 0 Å². The second kappa shape index (κ2) is 8.13. The van der Waals surface area contributed by atoms with Crippen molar-refractivity contribution in [3.05, 3.63) is 99.5 Å². The standard InChI is InChI=1S/C23H24N2O3/c1-16-8-6-9-18(14-16)15-25-13-7-11-20(23(25)28)22(27)24(3)17(2)19-10-4-5-12-21(19)26/h4-14,17,26H,15H2,1-3H3/t17-/m0/s1. The van der Waals surface area contributed by atoms with Crippen LogP contribution >= 0.6 is 0 Å². The highest BCUT2D eigenvalue weighted by atomic mass is 16.3. The number of rotatable bonds is 5. The summed E-state index contributed by atoms with van der Waals surface area (Å²) in [7, 11) is 1.64. The van der Waals surface area contributed by atoms with Gasteiger partial charge in [0.1, 0.15) is 11.3 Å².